The first-order valence-corrected chi connectivity index (χ1v) is 7.32. The highest BCUT2D eigenvalue weighted by atomic mass is 79.9. The van der Waals surface area contributed by atoms with Gasteiger partial charge in [0.1, 0.15) is 5.54 Å². The minimum absolute atomic E-state index is 0.192. The molecule has 1 aliphatic rings. The first kappa shape index (κ1) is 14.3. The zero-order valence-electron chi connectivity index (χ0n) is 11.6. The lowest BCUT2D eigenvalue weighted by atomic mass is 9.84. The van der Waals surface area contributed by atoms with Gasteiger partial charge in [0, 0.05) is 10.5 Å². The van der Waals surface area contributed by atoms with E-state index in [1.807, 2.05) is 18.2 Å². The van der Waals surface area contributed by atoms with Gasteiger partial charge in [0.2, 0.25) is 0 Å². The topological polar surface area (TPSA) is 49.2 Å². The van der Waals surface area contributed by atoms with Gasteiger partial charge in [0.25, 0.3) is 0 Å². The Morgan fingerprint density at radius 3 is 2.42 bits per heavy atom. The van der Waals surface area contributed by atoms with Gasteiger partial charge >= 0.3 is 5.84 Å². The molecule has 0 saturated heterocycles. The van der Waals surface area contributed by atoms with E-state index in [1.165, 1.54) is 0 Å². The Hall–Kier alpha value is -1.07. The summed E-state index contributed by atoms with van der Waals surface area (Å²) >= 11 is 3.38. The van der Waals surface area contributed by atoms with Crippen LogP contribution in [0.3, 0.4) is 0 Å². The highest BCUT2D eigenvalue weighted by Gasteiger charge is 2.59. The van der Waals surface area contributed by atoms with Crippen molar-refractivity contribution in [2.45, 2.75) is 44.1 Å². The number of rotatable bonds is 2. The maximum absolute atomic E-state index is 12.5. The molecule has 103 valence electrons. The molecule has 1 aromatic carbocycles. The third-order valence-corrected chi connectivity index (χ3v) is 4.88. The van der Waals surface area contributed by atoms with E-state index >= 15 is 0 Å². The third kappa shape index (κ3) is 1.96. The molecule has 2 rings (SSSR count). The molecule has 1 aromatic rings. The molecule has 0 amide bonds. The Morgan fingerprint density at radius 1 is 1.32 bits per heavy atom. The van der Waals surface area contributed by atoms with Gasteiger partial charge in [0.15, 0.2) is 5.54 Å². The molecule has 5 heteroatoms. The Balaban J connectivity index is 2.58. The molecule has 1 aliphatic heterocycles. The molecule has 0 saturated carbocycles. The average Bonchev–Trinajstić information content (AvgIpc) is 2.49. The summed E-state index contributed by atoms with van der Waals surface area (Å²) in [7, 11) is 0. The second kappa shape index (κ2) is 4.49. The van der Waals surface area contributed by atoms with Crippen molar-refractivity contribution in [1.29, 1.82) is 0 Å². The van der Waals surface area contributed by atoms with Crippen LogP contribution in [0.4, 0.5) is 0 Å². The molecule has 0 atom stereocenters. The molecule has 0 unspecified atom stereocenters. The van der Waals surface area contributed by atoms with Crippen LogP contribution >= 0.6 is 15.9 Å². The molecule has 19 heavy (non-hydrogen) atoms. The van der Waals surface area contributed by atoms with Crippen molar-refractivity contribution in [2.24, 2.45) is 0 Å². The quantitative estimate of drug-likeness (QED) is 0.476. The van der Waals surface area contributed by atoms with Crippen LogP contribution in [0.5, 0.6) is 0 Å². The summed E-state index contributed by atoms with van der Waals surface area (Å²) in [5, 5.41) is 26.5. The maximum Gasteiger partial charge on any atom is 0.316 e. The molecule has 1 heterocycles. The van der Waals surface area contributed by atoms with E-state index in [1.54, 1.807) is 33.8 Å². The Morgan fingerprint density at radius 2 is 1.95 bits per heavy atom. The largest absolute Gasteiger partial charge is 0.714 e. The molecule has 1 radical (unpaired) electrons. The fraction of sp³-hybridized carbons (Fsp3) is 0.500. The molecule has 0 aromatic heterocycles. The van der Waals surface area contributed by atoms with E-state index in [4.69, 9.17) is 0 Å². The van der Waals surface area contributed by atoms with Crippen LogP contribution in [0.15, 0.2) is 24.3 Å². The lowest BCUT2D eigenvalue weighted by Gasteiger charge is -2.32. The number of alkyl halides is 1. The summed E-state index contributed by atoms with van der Waals surface area (Å²) in [5.74, 6) is 0.192. The van der Waals surface area contributed by atoms with Crippen molar-refractivity contribution >= 4 is 21.8 Å². The van der Waals surface area contributed by atoms with Crippen LogP contribution < -0.4 is 0 Å². The van der Waals surface area contributed by atoms with E-state index < -0.39 is 11.1 Å². The first-order chi connectivity index (χ1) is 8.73. The second-order valence-corrected chi connectivity index (χ2v) is 6.43. The van der Waals surface area contributed by atoms with Gasteiger partial charge in [-0.15, -0.1) is 0 Å². The Labute approximate surface area is 122 Å². The van der Waals surface area contributed by atoms with Gasteiger partial charge in [-0.3, -0.25) is 4.74 Å². The van der Waals surface area contributed by atoms with Gasteiger partial charge in [0.05, 0.1) is 5.56 Å². The SMILES string of the molecule is CC1(C)N([O])C(c2cccc(CBr)c2)=[N+]([O-])C1(C)C. The first-order valence-electron chi connectivity index (χ1n) is 6.20. The Kier molecular flexibility index (Phi) is 3.39. The predicted molar refractivity (Wildman–Crippen MR) is 77.5 cm³/mol. The van der Waals surface area contributed by atoms with Gasteiger partial charge in [-0.05, 0) is 45.4 Å². The molecule has 0 aliphatic carbocycles. The zero-order chi connectivity index (χ0) is 14.4. The smallest absolute Gasteiger partial charge is 0.316 e. The van der Waals surface area contributed by atoms with Crippen molar-refractivity contribution in [3.05, 3.63) is 40.6 Å². The maximum atomic E-state index is 12.5. The fourth-order valence-corrected chi connectivity index (χ4v) is 2.49. The van der Waals surface area contributed by atoms with E-state index in [0.29, 0.717) is 10.9 Å². The number of amidine groups is 1. The van der Waals surface area contributed by atoms with Crippen LogP contribution in [-0.4, -0.2) is 26.7 Å². The normalized spacial score (nSPS) is 21.1. The van der Waals surface area contributed by atoms with Crippen LogP contribution in [0.2, 0.25) is 0 Å². The zero-order valence-corrected chi connectivity index (χ0v) is 13.2. The standard InChI is InChI=1S/C14H18BrN2O2/c1-13(2)14(3,4)17(19)12(16(13)18)11-7-5-6-10(8-11)9-15/h5-8H,9H2,1-4H3. The minimum atomic E-state index is -0.769. The average molecular weight is 326 g/mol. The second-order valence-electron chi connectivity index (χ2n) is 5.86. The molecular weight excluding hydrogens is 308 g/mol. The summed E-state index contributed by atoms with van der Waals surface area (Å²) < 4.78 is 0.841. The number of hydrogen-bond acceptors (Lipinski definition) is 2. The summed E-state index contributed by atoms with van der Waals surface area (Å²) in [6, 6.07) is 7.49. The minimum Gasteiger partial charge on any atom is -0.714 e. The van der Waals surface area contributed by atoms with Crippen molar-refractivity contribution in [2.75, 3.05) is 0 Å². The van der Waals surface area contributed by atoms with Gasteiger partial charge in [-0.2, -0.15) is 0 Å². The lowest BCUT2D eigenvalue weighted by molar-refractivity contribution is -0.539. The number of hydroxylamine groups is 3. The van der Waals surface area contributed by atoms with Crippen LogP contribution in [-0.2, 0) is 10.5 Å². The van der Waals surface area contributed by atoms with Gasteiger partial charge in [-0.25, -0.2) is 0 Å². The highest BCUT2D eigenvalue weighted by Crippen LogP contribution is 2.37. The molecule has 0 spiro atoms. The molecule has 4 nitrogen and oxygen atoms in total. The molecule has 0 bridgehead atoms. The molecular formula is C14H18BrN2O2. The summed E-state index contributed by atoms with van der Waals surface area (Å²) in [6.07, 6.45) is 0. The fourth-order valence-electron chi connectivity index (χ4n) is 2.14. The predicted octanol–water partition coefficient (Wildman–Crippen LogP) is 3.06. The number of halogens is 1. The van der Waals surface area contributed by atoms with Crippen molar-refractivity contribution in [1.82, 2.24) is 5.06 Å². The third-order valence-electron chi connectivity index (χ3n) is 4.24. The van der Waals surface area contributed by atoms with Gasteiger partial charge < -0.3 is 5.21 Å². The van der Waals surface area contributed by atoms with E-state index in [2.05, 4.69) is 15.9 Å². The van der Waals surface area contributed by atoms with E-state index in [-0.39, 0.29) is 5.84 Å². The molecule has 0 N–H and O–H groups in total. The Bertz CT molecular complexity index is 538. The van der Waals surface area contributed by atoms with Crippen LogP contribution in [0.25, 0.3) is 0 Å². The van der Waals surface area contributed by atoms with Crippen molar-refractivity contribution < 1.29 is 9.95 Å². The number of hydrogen-bond donors (Lipinski definition) is 0. The molecule has 0 fully saturated rings. The van der Waals surface area contributed by atoms with Crippen LogP contribution in [0.1, 0.15) is 38.8 Å². The number of nitrogens with zero attached hydrogens (tertiary/aromatic N) is 2. The van der Waals surface area contributed by atoms with Gasteiger partial charge in [-0.1, -0.05) is 33.1 Å². The van der Waals surface area contributed by atoms with Crippen LogP contribution in [0, 0.1) is 5.21 Å². The van der Waals surface area contributed by atoms with Crippen molar-refractivity contribution in [3.63, 3.8) is 0 Å². The summed E-state index contributed by atoms with van der Waals surface area (Å²) in [6.45, 7) is 7.19. The number of benzene rings is 1. The summed E-state index contributed by atoms with van der Waals surface area (Å²) in [4.78, 5) is 0. The highest BCUT2D eigenvalue weighted by molar-refractivity contribution is 9.08. The van der Waals surface area contributed by atoms with Crippen molar-refractivity contribution in [3.8, 4) is 0 Å². The lowest BCUT2D eigenvalue weighted by Crippen LogP contribution is -2.53. The van der Waals surface area contributed by atoms with E-state index in [0.717, 1.165) is 15.4 Å². The monoisotopic (exact) mass is 325 g/mol. The van der Waals surface area contributed by atoms with E-state index in [9.17, 15) is 10.4 Å². The summed E-state index contributed by atoms with van der Waals surface area (Å²) in [5.41, 5.74) is 0.165.